The molecule has 0 fully saturated rings. The molecule has 17 heavy (non-hydrogen) atoms. The lowest BCUT2D eigenvalue weighted by Crippen LogP contribution is -2.24. The molecule has 1 aromatic carbocycles. The minimum Gasteiger partial charge on any atom is -0.403 e. The van der Waals surface area contributed by atoms with E-state index in [2.05, 4.69) is 27.1 Å². The summed E-state index contributed by atoms with van der Waals surface area (Å²) >= 11 is 2.26. The second-order valence-electron chi connectivity index (χ2n) is 3.36. The molecular weight excluding hydrogens is 350 g/mol. The van der Waals surface area contributed by atoms with E-state index in [1.54, 1.807) is 18.5 Å². The number of benzene rings is 1. The summed E-state index contributed by atoms with van der Waals surface area (Å²) in [6, 6.07) is 3.73. The molecule has 90 valence electrons. The molecule has 0 bridgehead atoms. The molecule has 6 nitrogen and oxygen atoms in total. The van der Waals surface area contributed by atoms with Gasteiger partial charge in [0.1, 0.15) is 0 Å². The molecule has 1 unspecified atom stereocenters. The Morgan fingerprint density at radius 1 is 1.47 bits per heavy atom. The Morgan fingerprint density at radius 2 is 2.24 bits per heavy atom. The molecule has 2 rings (SSSR count). The van der Waals surface area contributed by atoms with Crippen molar-refractivity contribution in [1.29, 1.82) is 0 Å². The number of rotatable bonds is 3. The van der Waals surface area contributed by atoms with Crippen molar-refractivity contribution in [3.63, 3.8) is 0 Å². The minimum absolute atomic E-state index is 0.513. The van der Waals surface area contributed by atoms with Gasteiger partial charge in [-0.3, -0.25) is 5.01 Å². The zero-order valence-electron chi connectivity index (χ0n) is 8.84. The number of hydrazine groups is 1. The Kier molecular flexibility index (Phi) is 3.70. The fourth-order valence-corrected chi connectivity index (χ4v) is 3.06. The van der Waals surface area contributed by atoms with Crippen LogP contribution in [0.15, 0.2) is 30.7 Å². The third-order valence-corrected chi connectivity index (χ3v) is 4.22. The fourth-order valence-electron chi connectivity index (χ4n) is 1.53. The zero-order chi connectivity index (χ0) is 12.4. The van der Waals surface area contributed by atoms with E-state index in [4.69, 9.17) is 17.3 Å². The third-order valence-electron chi connectivity index (χ3n) is 2.33. The largest absolute Gasteiger partial charge is 0.403 e. The van der Waals surface area contributed by atoms with E-state index in [0.717, 1.165) is 16.6 Å². The van der Waals surface area contributed by atoms with Crippen LogP contribution in [0.25, 0.3) is 10.9 Å². The lowest BCUT2D eigenvalue weighted by Gasteiger charge is -2.14. The number of nitrogens with two attached hydrogens (primary N) is 3. The first-order chi connectivity index (χ1) is 8.17. The molecule has 1 aromatic heterocycles. The van der Waals surface area contributed by atoms with Crippen molar-refractivity contribution >= 4 is 50.7 Å². The zero-order valence-corrected chi connectivity index (χ0v) is 12.0. The van der Waals surface area contributed by atoms with E-state index >= 15 is 0 Å². The number of hydrogen-bond donors (Lipinski definition) is 3. The number of aromatic nitrogens is 2. The molecule has 1 heterocycles. The van der Waals surface area contributed by atoms with Crippen molar-refractivity contribution < 1.29 is 0 Å². The normalized spacial score (nSPS) is 12.1. The van der Waals surface area contributed by atoms with E-state index in [9.17, 15) is 0 Å². The van der Waals surface area contributed by atoms with Gasteiger partial charge in [-0.15, -0.1) is 0 Å². The first kappa shape index (κ1) is 12.4. The molecule has 0 amide bonds. The van der Waals surface area contributed by atoms with Gasteiger partial charge in [0.25, 0.3) is 0 Å². The molecule has 1 atom stereocenters. The van der Waals surface area contributed by atoms with Crippen LogP contribution in [0.3, 0.4) is 0 Å². The predicted molar refractivity (Wildman–Crippen MR) is 81.9 cm³/mol. The quantitative estimate of drug-likeness (QED) is 0.253. The number of anilines is 2. The number of nitrogens with zero attached hydrogens (tertiary/aromatic N) is 3. The van der Waals surface area contributed by atoms with Crippen LogP contribution in [0.2, 0.25) is 0 Å². The van der Waals surface area contributed by atoms with Crippen LogP contribution in [0.4, 0.5) is 11.4 Å². The number of halogens is 1. The molecule has 0 saturated carbocycles. The van der Waals surface area contributed by atoms with Crippen LogP contribution in [-0.2, 0) is 0 Å². The summed E-state index contributed by atoms with van der Waals surface area (Å²) < 4.78 is 1.88. The first-order valence-corrected chi connectivity index (χ1v) is 8.79. The summed E-state index contributed by atoms with van der Waals surface area (Å²) in [5, 5.41) is 6.61. The lowest BCUT2D eigenvalue weighted by molar-refractivity contribution is 1.04. The average molecular weight is 362 g/mol. The average Bonchev–Trinajstić information content (AvgIpc) is 2.72. The third kappa shape index (κ3) is 2.31. The first-order valence-electron chi connectivity index (χ1n) is 4.73. The maximum Gasteiger partial charge on any atom is 0.0771 e. The summed E-state index contributed by atoms with van der Waals surface area (Å²) in [5.41, 5.74) is 13.7. The predicted octanol–water partition coefficient (Wildman–Crippen LogP) is 1.52. The molecule has 8 heteroatoms. The highest BCUT2D eigenvalue weighted by Crippen LogP contribution is 2.33. The SMILES string of the molecule is N/C=C\N(N)c1cc(N)c2cnn(PI)c2c1. The maximum atomic E-state index is 5.97. The van der Waals surface area contributed by atoms with Gasteiger partial charge < -0.3 is 11.5 Å². The molecule has 0 aliphatic heterocycles. The highest BCUT2D eigenvalue weighted by atomic mass is 127. The fraction of sp³-hybridized carbons (Fsp3) is 0. The summed E-state index contributed by atoms with van der Waals surface area (Å²) in [7, 11) is 0. The number of fused-ring (bicyclic) bond motifs is 1. The van der Waals surface area contributed by atoms with Crippen LogP contribution in [0, 0.1) is 0 Å². The van der Waals surface area contributed by atoms with Gasteiger partial charge in [-0.1, -0.05) is 0 Å². The Morgan fingerprint density at radius 3 is 2.88 bits per heavy atom. The number of nitrogen functional groups attached to an aromatic ring is 1. The van der Waals surface area contributed by atoms with Gasteiger partial charge in [0.15, 0.2) is 0 Å². The molecule has 0 saturated heterocycles. The van der Waals surface area contributed by atoms with Crippen LogP contribution in [0.5, 0.6) is 0 Å². The summed E-state index contributed by atoms with van der Waals surface area (Å²) in [5.74, 6) is 5.81. The standard InChI is InChI=1S/C9H12IN6P/c10-17-16-9-4-6(15(13)2-1-11)3-8(12)7(9)5-14-16/h1-5,17H,11-13H2/b2-1-. The summed E-state index contributed by atoms with van der Waals surface area (Å²) in [6.07, 6.45) is 5.21. The van der Waals surface area contributed by atoms with Crippen molar-refractivity contribution in [3.05, 3.63) is 30.7 Å². The number of hydrogen-bond acceptors (Lipinski definition) is 5. The monoisotopic (exact) mass is 362 g/mol. The van der Waals surface area contributed by atoms with Gasteiger partial charge in [-0.25, -0.2) is 10.3 Å². The van der Waals surface area contributed by atoms with Crippen LogP contribution >= 0.6 is 28.4 Å². The van der Waals surface area contributed by atoms with Crippen molar-refractivity contribution in [2.24, 2.45) is 11.6 Å². The Hall–Kier alpha value is -1.05. The van der Waals surface area contributed by atoms with Gasteiger partial charge in [-0.05, 0) is 34.2 Å². The minimum atomic E-state index is 0.513. The van der Waals surface area contributed by atoms with Crippen molar-refractivity contribution in [2.45, 2.75) is 0 Å². The summed E-state index contributed by atoms with van der Waals surface area (Å²) in [6.45, 7) is 0. The second kappa shape index (κ2) is 5.07. The Bertz CT molecular complexity index is 566. The van der Waals surface area contributed by atoms with Crippen molar-refractivity contribution in [1.82, 2.24) is 9.55 Å². The molecular formula is C9H12IN6P. The Balaban J connectivity index is 2.59. The van der Waals surface area contributed by atoms with Crippen molar-refractivity contribution in [3.8, 4) is 0 Å². The molecule has 0 aliphatic carbocycles. The second-order valence-corrected chi connectivity index (χ2v) is 5.40. The summed E-state index contributed by atoms with van der Waals surface area (Å²) in [4.78, 5) is 0. The van der Waals surface area contributed by atoms with Gasteiger partial charge in [-0.2, -0.15) is 5.10 Å². The molecule has 0 radical (unpaired) electrons. The van der Waals surface area contributed by atoms with E-state index in [1.165, 1.54) is 11.2 Å². The van der Waals surface area contributed by atoms with Crippen molar-refractivity contribution in [2.75, 3.05) is 10.7 Å². The highest BCUT2D eigenvalue weighted by molar-refractivity contribution is 14.2. The van der Waals surface area contributed by atoms with E-state index in [1.807, 2.05) is 10.5 Å². The molecule has 0 spiro atoms. The van der Waals surface area contributed by atoms with Crippen LogP contribution in [0.1, 0.15) is 0 Å². The van der Waals surface area contributed by atoms with Crippen LogP contribution in [-0.4, -0.2) is 9.55 Å². The lowest BCUT2D eigenvalue weighted by atomic mass is 10.2. The van der Waals surface area contributed by atoms with Gasteiger partial charge >= 0.3 is 0 Å². The smallest absolute Gasteiger partial charge is 0.0771 e. The van der Waals surface area contributed by atoms with E-state index < -0.39 is 0 Å². The Labute approximate surface area is 113 Å². The van der Waals surface area contributed by atoms with Gasteiger partial charge in [0.05, 0.1) is 23.8 Å². The topological polar surface area (TPSA) is 99.1 Å². The molecule has 6 N–H and O–H groups in total. The van der Waals surface area contributed by atoms with Gasteiger partial charge in [0.2, 0.25) is 0 Å². The van der Waals surface area contributed by atoms with E-state index in [0.29, 0.717) is 12.1 Å². The highest BCUT2D eigenvalue weighted by Gasteiger charge is 2.09. The van der Waals surface area contributed by atoms with Gasteiger partial charge in [0, 0.05) is 23.5 Å². The van der Waals surface area contributed by atoms with E-state index in [-0.39, 0.29) is 0 Å². The molecule has 0 aliphatic rings. The van der Waals surface area contributed by atoms with Crippen LogP contribution < -0.4 is 22.3 Å². The maximum absolute atomic E-state index is 5.97. The molecule has 2 aromatic rings.